The number of esters is 1. The number of hydrogen-bond acceptors (Lipinski definition) is 4. The molecule has 0 N–H and O–H groups in total. The fraction of sp³-hybridized carbons (Fsp3) is 0.375. The third kappa shape index (κ3) is 2.74. The highest BCUT2D eigenvalue weighted by Gasteiger charge is 2.27. The van der Waals surface area contributed by atoms with Crippen molar-refractivity contribution in [2.24, 2.45) is 5.41 Å². The lowest BCUT2D eigenvalue weighted by Gasteiger charge is -2.20. The molecule has 0 aliphatic carbocycles. The number of ether oxygens (including phenoxy) is 1. The molecule has 0 saturated carbocycles. The third-order valence-corrected chi connectivity index (χ3v) is 3.57. The predicted molar refractivity (Wildman–Crippen MR) is 76.9 cm³/mol. The Morgan fingerprint density at radius 3 is 2.65 bits per heavy atom. The van der Waals surface area contributed by atoms with E-state index in [4.69, 9.17) is 9.15 Å². The first-order chi connectivity index (χ1) is 9.33. The molecule has 0 saturated heterocycles. The number of rotatable bonds is 3. The van der Waals surface area contributed by atoms with E-state index in [2.05, 4.69) is 0 Å². The predicted octanol–water partition coefficient (Wildman–Crippen LogP) is 3.44. The quantitative estimate of drug-likeness (QED) is 0.488. The molecule has 106 valence electrons. The van der Waals surface area contributed by atoms with Crippen molar-refractivity contribution in [2.45, 2.75) is 34.1 Å². The normalized spacial score (nSPS) is 11.6. The summed E-state index contributed by atoms with van der Waals surface area (Å²) in [6, 6.07) is 6.51. The zero-order chi connectivity index (χ0) is 14.9. The molecule has 0 fully saturated rings. The summed E-state index contributed by atoms with van der Waals surface area (Å²) in [5.74, 6) is 0.0899. The first kappa shape index (κ1) is 14.3. The molecule has 4 heteroatoms. The van der Waals surface area contributed by atoms with Gasteiger partial charge in [-0.15, -0.1) is 0 Å². The minimum absolute atomic E-state index is 0.297. The number of benzene rings is 1. The van der Waals surface area contributed by atoms with Gasteiger partial charge in [0.2, 0.25) is 0 Å². The maximum atomic E-state index is 12.0. The van der Waals surface area contributed by atoms with E-state index in [1.165, 1.54) is 6.07 Å². The summed E-state index contributed by atoms with van der Waals surface area (Å²) in [6.07, 6.45) is 0.688. The summed E-state index contributed by atoms with van der Waals surface area (Å²) in [5.41, 5.74) is 0.313. The van der Waals surface area contributed by atoms with Crippen LogP contribution in [0.3, 0.4) is 0 Å². The van der Waals surface area contributed by atoms with Gasteiger partial charge in [0.15, 0.2) is 0 Å². The van der Waals surface area contributed by atoms with Gasteiger partial charge in [-0.3, -0.25) is 4.79 Å². The lowest BCUT2D eigenvalue weighted by atomic mass is 9.91. The van der Waals surface area contributed by atoms with Crippen LogP contribution < -0.4 is 10.4 Å². The van der Waals surface area contributed by atoms with Crippen LogP contribution in [0.1, 0.15) is 32.8 Å². The number of aryl methyl sites for hydroxylation is 1. The summed E-state index contributed by atoms with van der Waals surface area (Å²) in [5, 5.41) is 0.833. The highest BCUT2D eigenvalue weighted by molar-refractivity contribution is 5.83. The molecule has 0 radical (unpaired) electrons. The molecule has 2 aromatic rings. The topological polar surface area (TPSA) is 56.5 Å². The Bertz CT molecular complexity index is 710. The van der Waals surface area contributed by atoms with Crippen LogP contribution >= 0.6 is 0 Å². The van der Waals surface area contributed by atoms with Crippen molar-refractivity contribution >= 4 is 16.9 Å². The van der Waals surface area contributed by atoms with E-state index in [0.717, 1.165) is 10.9 Å². The van der Waals surface area contributed by atoms with E-state index in [1.807, 2.05) is 27.7 Å². The minimum atomic E-state index is -0.539. The van der Waals surface area contributed by atoms with Crippen LogP contribution in [0.5, 0.6) is 5.75 Å². The summed E-state index contributed by atoms with van der Waals surface area (Å²) in [7, 11) is 0. The van der Waals surface area contributed by atoms with Crippen molar-refractivity contribution in [3.05, 3.63) is 40.2 Å². The van der Waals surface area contributed by atoms with Crippen molar-refractivity contribution in [1.29, 1.82) is 0 Å². The molecule has 1 aromatic heterocycles. The molecule has 0 amide bonds. The average Bonchev–Trinajstić information content (AvgIpc) is 2.37. The maximum Gasteiger partial charge on any atom is 0.336 e. The molecule has 0 bridgehead atoms. The van der Waals surface area contributed by atoms with Gasteiger partial charge in [0.1, 0.15) is 11.3 Å². The van der Waals surface area contributed by atoms with Crippen molar-refractivity contribution in [3.63, 3.8) is 0 Å². The van der Waals surface area contributed by atoms with E-state index in [1.54, 1.807) is 18.2 Å². The first-order valence-corrected chi connectivity index (χ1v) is 6.60. The number of carbonyl (C=O) groups excluding carboxylic acids is 1. The fourth-order valence-electron chi connectivity index (χ4n) is 1.76. The maximum absolute atomic E-state index is 12.0. The van der Waals surface area contributed by atoms with Gasteiger partial charge in [-0.1, -0.05) is 6.92 Å². The summed E-state index contributed by atoms with van der Waals surface area (Å²) in [4.78, 5) is 23.4. The molecule has 1 aromatic carbocycles. The Labute approximate surface area is 117 Å². The van der Waals surface area contributed by atoms with Gasteiger partial charge in [-0.05, 0) is 44.9 Å². The number of carbonyl (C=O) groups is 1. The molecule has 4 nitrogen and oxygen atoms in total. The Kier molecular flexibility index (Phi) is 3.66. The van der Waals surface area contributed by atoms with Crippen molar-refractivity contribution < 1.29 is 13.9 Å². The van der Waals surface area contributed by atoms with E-state index in [0.29, 0.717) is 17.8 Å². The van der Waals surface area contributed by atoms with E-state index in [9.17, 15) is 9.59 Å². The zero-order valence-corrected chi connectivity index (χ0v) is 12.1. The van der Waals surface area contributed by atoms with Gasteiger partial charge >= 0.3 is 11.6 Å². The van der Waals surface area contributed by atoms with E-state index >= 15 is 0 Å². The van der Waals surface area contributed by atoms with Crippen LogP contribution in [0.2, 0.25) is 0 Å². The average molecular weight is 274 g/mol. The smallest absolute Gasteiger partial charge is 0.336 e. The molecule has 1 heterocycles. The number of hydrogen-bond donors (Lipinski definition) is 0. The lowest BCUT2D eigenvalue weighted by Crippen LogP contribution is -2.28. The molecule has 0 aliphatic heterocycles. The van der Waals surface area contributed by atoms with Gasteiger partial charge in [-0.25, -0.2) is 4.79 Å². The van der Waals surface area contributed by atoms with Gasteiger partial charge in [0.25, 0.3) is 0 Å². The van der Waals surface area contributed by atoms with Gasteiger partial charge in [-0.2, -0.15) is 0 Å². The van der Waals surface area contributed by atoms with Crippen LogP contribution in [-0.4, -0.2) is 5.97 Å². The van der Waals surface area contributed by atoms with Crippen molar-refractivity contribution in [1.82, 2.24) is 0 Å². The second-order valence-electron chi connectivity index (χ2n) is 5.53. The van der Waals surface area contributed by atoms with Crippen LogP contribution in [0.4, 0.5) is 0 Å². The van der Waals surface area contributed by atoms with Crippen molar-refractivity contribution in [3.8, 4) is 5.75 Å². The molecule has 20 heavy (non-hydrogen) atoms. The lowest BCUT2D eigenvalue weighted by molar-refractivity contribution is -0.144. The van der Waals surface area contributed by atoms with Crippen molar-refractivity contribution in [2.75, 3.05) is 0 Å². The second kappa shape index (κ2) is 5.12. The zero-order valence-electron chi connectivity index (χ0n) is 12.1. The molecule has 0 aliphatic rings. The monoisotopic (exact) mass is 274 g/mol. The molecule has 2 rings (SSSR count). The van der Waals surface area contributed by atoms with Crippen LogP contribution in [0.15, 0.2) is 33.5 Å². The highest BCUT2D eigenvalue weighted by Crippen LogP contribution is 2.26. The highest BCUT2D eigenvalue weighted by atomic mass is 16.5. The van der Waals surface area contributed by atoms with Gasteiger partial charge < -0.3 is 9.15 Å². The molecular formula is C16H18O4. The molecule has 0 atom stereocenters. The Morgan fingerprint density at radius 2 is 2.00 bits per heavy atom. The molecule has 0 spiro atoms. The Hall–Kier alpha value is -2.10. The van der Waals surface area contributed by atoms with Gasteiger partial charge in [0, 0.05) is 17.5 Å². The summed E-state index contributed by atoms with van der Waals surface area (Å²) in [6.45, 7) is 7.44. The minimum Gasteiger partial charge on any atom is -0.426 e. The molecular weight excluding hydrogens is 256 g/mol. The second-order valence-corrected chi connectivity index (χ2v) is 5.53. The Balaban J connectivity index is 2.38. The van der Waals surface area contributed by atoms with Crippen LogP contribution in [-0.2, 0) is 4.79 Å². The van der Waals surface area contributed by atoms with Gasteiger partial charge in [0.05, 0.1) is 5.41 Å². The standard InChI is InChI=1S/C16H18O4/c1-5-16(3,4)15(18)19-11-6-7-12-10(2)8-14(17)20-13(12)9-11/h6-9H,5H2,1-4H3. The molecule has 0 unspecified atom stereocenters. The SMILES string of the molecule is CCC(C)(C)C(=O)Oc1ccc2c(C)cc(=O)oc2c1. The Morgan fingerprint density at radius 1 is 1.30 bits per heavy atom. The summed E-state index contributed by atoms with van der Waals surface area (Å²) >= 11 is 0. The third-order valence-electron chi connectivity index (χ3n) is 3.57. The fourth-order valence-corrected chi connectivity index (χ4v) is 1.76. The first-order valence-electron chi connectivity index (χ1n) is 6.60. The summed E-state index contributed by atoms with van der Waals surface area (Å²) < 4.78 is 10.5. The van der Waals surface area contributed by atoms with E-state index < -0.39 is 11.0 Å². The largest absolute Gasteiger partial charge is 0.426 e. The van der Waals surface area contributed by atoms with Crippen LogP contribution in [0.25, 0.3) is 11.0 Å². The number of fused-ring (bicyclic) bond motifs is 1. The van der Waals surface area contributed by atoms with E-state index in [-0.39, 0.29) is 5.97 Å². The van der Waals surface area contributed by atoms with Crippen LogP contribution in [0, 0.1) is 12.3 Å².